The fraction of sp³-hybridized carbons (Fsp3) is 0. The van der Waals surface area contributed by atoms with E-state index in [0.29, 0.717) is 0 Å². The van der Waals surface area contributed by atoms with Crippen LogP contribution in [-0.2, 0) is 99.9 Å². The monoisotopic (exact) mass is 826 g/mol. The molecule has 0 bridgehead atoms. The van der Waals surface area contributed by atoms with Crippen molar-refractivity contribution < 1.29 is 136 Å². The van der Waals surface area contributed by atoms with Gasteiger partial charge in [0.1, 0.15) is 0 Å². The molecule has 0 atom stereocenters. The van der Waals surface area contributed by atoms with E-state index in [1.165, 1.54) is 0 Å². The van der Waals surface area contributed by atoms with Crippen molar-refractivity contribution in [3.8, 4) is 0 Å². The first-order valence-corrected chi connectivity index (χ1v) is 10.0. The van der Waals surface area contributed by atoms with Crippen LogP contribution >= 0.6 is 0 Å². The zero-order valence-electron chi connectivity index (χ0n) is 11.7. The molecule has 0 aliphatic rings. The molecule has 0 saturated carbocycles. The van der Waals surface area contributed by atoms with E-state index in [2.05, 4.69) is 0 Å². The maximum absolute atomic E-state index is 8.52. The first-order chi connectivity index (χ1) is 10.0. The zero-order valence-corrected chi connectivity index (χ0v) is 23.7. The second kappa shape index (κ2) is 22.1. The van der Waals surface area contributed by atoms with E-state index in [0.717, 1.165) is 0 Å². The molecule has 2 radical (unpaired) electrons. The van der Waals surface area contributed by atoms with Crippen LogP contribution in [0.3, 0.4) is 0 Å². The van der Waals surface area contributed by atoms with Gasteiger partial charge >= 0.3 is 75.2 Å². The van der Waals surface area contributed by atoms with Crippen molar-refractivity contribution in [2.75, 3.05) is 0 Å². The van der Waals surface area contributed by atoms with Gasteiger partial charge in [0.15, 0.2) is 0 Å². The Morgan fingerprint density at radius 1 is 0.321 bits per heavy atom. The van der Waals surface area contributed by atoms with E-state index in [1.54, 1.807) is 0 Å². The molecule has 0 aromatic rings. The van der Waals surface area contributed by atoms with Crippen molar-refractivity contribution in [1.82, 2.24) is 0 Å². The van der Waals surface area contributed by atoms with Gasteiger partial charge in [-0.15, -0.1) is 0 Å². The first-order valence-electron chi connectivity index (χ1n) is 3.33. The molecule has 162 valence electrons. The number of rotatable bonds is 0. The Labute approximate surface area is 212 Å². The van der Waals surface area contributed by atoms with Crippen LogP contribution in [0.2, 0.25) is 0 Å². The van der Waals surface area contributed by atoms with Crippen LogP contribution in [0, 0.1) is 0 Å². The summed E-state index contributed by atoms with van der Waals surface area (Å²) in [6, 6.07) is 0. The first kappa shape index (κ1) is 52.1. The van der Waals surface area contributed by atoms with Gasteiger partial charge in [-0.2, -0.15) is 0 Å². The molecule has 0 aliphatic carbocycles. The van der Waals surface area contributed by atoms with Gasteiger partial charge in [0, 0.05) is 52.0 Å². The fourth-order valence-corrected chi connectivity index (χ4v) is 0. The molecule has 0 aromatic heterocycles. The SMILES string of the molecule is O=S(=O)([O-])[O-].O=S(=O)([O-])[O-].O=S(=O)([O-])[O-].O=S(=O)([O-])[O-].O=S(=O)([O-])[O-].[Pb+2].[Ti+4].[Zr+4]. The predicted octanol–water partition coefficient (Wildman–Crippen LogP) is -7.08. The van der Waals surface area contributed by atoms with Crippen LogP contribution in [0.15, 0.2) is 0 Å². The quantitative estimate of drug-likeness (QED) is 0.124. The number of hydrogen-bond donors (Lipinski definition) is 0. The molecule has 0 N–H and O–H groups in total. The Morgan fingerprint density at radius 2 is 0.321 bits per heavy atom. The average Bonchev–Trinajstić information content (AvgIpc) is 1.79. The van der Waals surface area contributed by atoms with Gasteiger partial charge in [-0.1, -0.05) is 0 Å². The van der Waals surface area contributed by atoms with E-state index in [4.69, 9.17) is 87.6 Å². The van der Waals surface area contributed by atoms with Gasteiger partial charge in [0.05, 0.1) is 0 Å². The average molecular weight is 827 g/mol. The molecule has 0 saturated heterocycles. The molecule has 0 fully saturated rings. The third kappa shape index (κ3) is 5760. The van der Waals surface area contributed by atoms with Crippen LogP contribution in [0.4, 0.5) is 0 Å². The third-order valence-corrected chi connectivity index (χ3v) is 0. The maximum atomic E-state index is 8.52. The van der Waals surface area contributed by atoms with Gasteiger partial charge in [-0.25, -0.2) is 0 Å². The summed E-state index contributed by atoms with van der Waals surface area (Å²) in [7, 11) is -25.8. The smallest absolute Gasteiger partial charge is 0.759 e. The predicted molar refractivity (Wildman–Crippen MR) is 58.1 cm³/mol. The standard InChI is InChI=1S/5H2O4S.Pb.Ti.Zr/c5*1-5(2,3)4;;;/h5*(H2,1,2,3,4);;;/q;;;;;+2;2*+4/p-10. The summed E-state index contributed by atoms with van der Waals surface area (Å²) in [5.41, 5.74) is 0. The minimum Gasteiger partial charge on any atom is -0.759 e. The van der Waals surface area contributed by atoms with Gasteiger partial charge in [-0.3, -0.25) is 42.1 Å². The van der Waals surface area contributed by atoms with Crippen LogP contribution in [0.25, 0.3) is 0 Å². The van der Waals surface area contributed by atoms with E-state index in [-0.39, 0.29) is 75.2 Å². The van der Waals surface area contributed by atoms with E-state index in [1.807, 2.05) is 0 Å². The van der Waals surface area contributed by atoms with Crippen LogP contribution < -0.4 is 0 Å². The molecule has 0 unspecified atom stereocenters. The topological polar surface area (TPSA) is 401 Å². The molecule has 0 heterocycles. The molecule has 0 rings (SSSR count). The van der Waals surface area contributed by atoms with Crippen molar-refractivity contribution in [3.05, 3.63) is 0 Å². The van der Waals surface area contributed by atoms with Gasteiger partial charge in [0.2, 0.25) is 0 Å². The Kier molecular flexibility index (Phi) is 41.0. The molecule has 0 amide bonds. The summed E-state index contributed by atoms with van der Waals surface area (Å²) in [5, 5.41) is 0. The van der Waals surface area contributed by atoms with Crippen molar-refractivity contribution in [3.63, 3.8) is 0 Å². The summed E-state index contributed by atoms with van der Waals surface area (Å²) in [5.74, 6) is 0. The van der Waals surface area contributed by atoms with Gasteiger partial charge in [0.25, 0.3) is 0 Å². The maximum Gasteiger partial charge on any atom is 4.00 e. The molecule has 0 aromatic carbocycles. The largest absolute Gasteiger partial charge is 4.00 e. The van der Waals surface area contributed by atoms with E-state index < -0.39 is 52.0 Å². The minimum absolute atomic E-state index is 0. The summed E-state index contributed by atoms with van der Waals surface area (Å²) >= 11 is 0. The van der Waals surface area contributed by atoms with Crippen molar-refractivity contribution >= 4 is 79.3 Å². The van der Waals surface area contributed by atoms with E-state index in [9.17, 15) is 0 Å². The Bertz CT molecular complexity index is 627. The third-order valence-electron chi connectivity index (χ3n) is 0. The van der Waals surface area contributed by atoms with Crippen LogP contribution in [0.5, 0.6) is 0 Å². The summed E-state index contributed by atoms with van der Waals surface area (Å²) in [6.45, 7) is 0. The van der Waals surface area contributed by atoms with Crippen molar-refractivity contribution in [2.24, 2.45) is 0 Å². The molecule has 28 heteroatoms. The molecular weight excluding hydrogens is 827 g/mol. The van der Waals surface area contributed by atoms with Gasteiger partial charge < -0.3 is 45.5 Å². The second-order valence-electron chi connectivity index (χ2n) is 2.04. The van der Waals surface area contributed by atoms with E-state index >= 15 is 0 Å². The molecule has 20 nitrogen and oxygen atoms in total. The summed E-state index contributed by atoms with van der Waals surface area (Å²) in [4.78, 5) is 0. The molecule has 0 spiro atoms. The molecular formula is O20PbS5TiZr. The Balaban J connectivity index is -0.0000000290. The van der Waals surface area contributed by atoms with Crippen LogP contribution in [-0.4, -0.2) is 115 Å². The Hall–Kier alpha value is 1.87. The zero-order chi connectivity index (χ0) is 22.5. The fourth-order valence-electron chi connectivity index (χ4n) is 0. The minimum atomic E-state index is -5.17. The normalized spacial score (nSPS) is 10.4. The molecule has 28 heavy (non-hydrogen) atoms. The Morgan fingerprint density at radius 3 is 0.321 bits per heavy atom. The summed E-state index contributed by atoms with van der Waals surface area (Å²) < 4.78 is 170. The van der Waals surface area contributed by atoms with Crippen molar-refractivity contribution in [2.45, 2.75) is 0 Å². The van der Waals surface area contributed by atoms with Crippen molar-refractivity contribution in [1.29, 1.82) is 0 Å². The second-order valence-corrected chi connectivity index (χ2v) is 6.12. The number of hydrogen-bond acceptors (Lipinski definition) is 20. The van der Waals surface area contributed by atoms with Gasteiger partial charge in [-0.05, 0) is 0 Å². The summed E-state index contributed by atoms with van der Waals surface area (Å²) in [6.07, 6.45) is 0. The molecule has 0 aliphatic heterocycles. The van der Waals surface area contributed by atoms with Crippen LogP contribution in [0.1, 0.15) is 0 Å².